The van der Waals surface area contributed by atoms with Gasteiger partial charge in [0.15, 0.2) is 0 Å². The van der Waals surface area contributed by atoms with Gasteiger partial charge in [0.05, 0.1) is 13.2 Å². The Kier molecular flexibility index (Phi) is 9.38. The van der Waals surface area contributed by atoms with Crippen LogP contribution in [0.25, 0.3) is 0 Å². The molecule has 3 heterocycles. The molecule has 0 radical (unpaired) electrons. The summed E-state index contributed by atoms with van der Waals surface area (Å²) in [7, 11) is 3.55. The maximum Gasteiger partial charge on any atom is 0.490 e. The van der Waals surface area contributed by atoms with E-state index in [1.54, 1.807) is 14.2 Å². The molecule has 1 unspecified atom stereocenters. The molecular weight excluding hydrogens is 419 g/mol. The molecule has 0 saturated carbocycles. The van der Waals surface area contributed by atoms with Crippen LogP contribution in [0.4, 0.5) is 18.0 Å². The number of halogens is 3. The number of piperidine rings is 1. The van der Waals surface area contributed by atoms with Crippen molar-refractivity contribution < 1.29 is 37.3 Å². The minimum absolute atomic E-state index is 0.269. The molecule has 3 aliphatic rings. The molecule has 0 aromatic carbocycles. The summed E-state index contributed by atoms with van der Waals surface area (Å²) in [5, 5.41) is 7.12. The molecule has 31 heavy (non-hydrogen) atoms. The lowest BCUT2D eigenvalue weighted by Gasteiger charge is -2.40. The molecule has 3 saturated heterocycles. The molecule has 3 rings (SSSR count). The van der Waals surface area contributed by atoms with Crippen LogP contribution in [0.5, 0.6) is 0 Å². The molecule has 1 N–H and O–H groups in total. The molecule has 0 bridgehead atoms. The second-order valence-electron chi connectivity index (χ2n) is 8.54. The van der Waals surface area contributed by atoms with Crippen LogP contribution in [0.2, 0.25) is 0 Å². The van der Waals surface area contributed by atoms with E-state index in [1.807, 2.05) is 4.90 Å². The van der Waals surface area contributed by atoms with Gasteiger partial charge in [-0.05, 0) is 37.5 Å². The summed E-state index contributed by atoms with van der Waals surface area (Å²) < 4.78 is 42.4. The van der Waals surface area contributed by atoms with Crippen molar-refractivity contribution in [3.63, 3.8) is 0 Å². The van der Waals surface area contributed by atoms with Crippen molar-refractivity contribution in [2.45, 2.75) is 44.3 Å². The summed E-state index contributed by atoms with van der Waals surface area (Å²) in [6.45, 7) is 7.37. The smallest absolute Gasteiger partial charge is 0.475 e. The van der Waals surface area contributed by atoms with Crippen LogP contribution < -0.4 is 0 Å². The number of nitrogens with zero attached hydrogens (tertiary/aromatic N) is 3. The van der Waals surface area contributed by atoms with Gasteiger partial charge in [0.1, 0.15) is 0 Å². The van der Waals surface area contributed by atoms with Crippen LogP contribution in [-0.4, -0.2) is 111 Å². The predicted molar refractivity (Wildman–Crippen MR) is 107 cm³/mol. The number of likely N-dealkylation sites (tertiary alicyclic amines) is 3. The Labute approximate surface area is 181 Å². The number of ether oxygens (including phenoxy) is 2. The van der Waals surface area contributed by atoms with Crippen molar-refractivity contribution in [2.75, 3.05) is 66.7 Å². The lowest BCUT2D eigenvalue weighted by Crippen LogP contribution is -2.48. The van der Waals surface area contributed by atoms with Crippen LogP contribution in [-0.2, 0) is 14.3 Å². The van der Waals surface area contributed by atoms with E-state index in [9.17, 15) is 18.0 Å². The number of rotatable bonds is 5. The van der Waals surface area contributed by atoms with Crippen molar-refractivity contribution in [1.29, 1.82) is 0 Å². The number of methoxy groups -OCH3 is 2. The Balaban J connectivity index is 0.000000423. The van der Waals surface area contributed by atoms with Gasteiger partial charge in [-0.25, -0.2) is 9.59 Å². The van der Waals surface area contributed by atoms with E-state index in [4.69, 9.17) is 19.4 Å². The van der Waals surface area contributed by atoms with E-state index >= 15 is 0 Å². The quantitative estimate of drug-likeness (QED) is 0.688. The second kappa shape index (κ2) is 11.3. The van der Waals surface area contributed by atoms with Crippen LogP contribution in [0.3, 0.4) is 0 Å². The lowest BCUT2D eigenvalue weighted by molar-refractivity contribution is -0.192. The first kappa shape index (κ1) is 25.7. The number of carbonyl (C=O) groups is 2. The highest BCUT2D eigenvalue weighted by atomic mass is 19.4. The normalized spacial score (nSPS) is 23.7. The van der Waals surface area contributed by atoms with E-state index < -0.39 is 12.1 Å². The molecule has 2 amide bonds. The molecule has 0 aliphatic carbocycles. The van der Waals surface area contributed by atoms with E-state index in [1.165, 1.54) is 6.42 Å². The molecule has 1 atom stereocenters. The van der Waals surface area contributed by atoms with Crippen molar-refractivity contribution in [3.8, 4) is 0 Å². The molecule has 11 heteroatoms. The predicted octanol–water partition coefficient (Wildman–Crippen LogP) is 2.28. The third kappa shape index (κ3) is 7.21. The fourth-order valence-corrected chi connectivity index (χ4v) is 4.72. The Bertz CT molecular complexity index is 591. The first-order valence-corrected chi connectivity index (χ1v) is 10.7. The first-order chi connectivity index (χ1) is 14.6. The zero-order chi connectivity index (χ0) is 23.1. The van der Waals surface area contributed by atoms with Gasteiger partial charge < -0.3 is 24.4 Å². The Morgan fingerprint density at radius 2 is 1.58 bits per heavy atom. The first-order valence-electron chi connectivity index (χ1n) is 10.7. The Morgan fingerprint density at radius 1 is 1.03 bits per heavy atom. The molecular formula is C20H34F3N3O5. The average molecular weight is 454 g/mol. The van der Waals surface area contributed by atoms with Gasteiger partial charge in [0.25, 0.3) is 0 Å². The molecule has 3 aliphatic heterocycles. The summed E-state index contributed by atoms with van der Waals surface area (Å²) >= 11 is 0. The number of carboxylic acid groups (broad SMARTS) is 1. The number of carboxylic acids is 1. The monoisotopic (exact) mass is 453 g/mol. The topological polar surface area (TPSA) is 82.5 Å². The summed E-state index contributed by atoms with van der Waals surface area (Å²) in [4.78, 5) is 28.1. The van der Waals surface area contributed by atoms with Gasteiger partial charge in [0.2, 0.25) is 0 Å². The zero-order valence-electron chi connectivity index (χ0n) is 18.3. The van der Waals surface area contributed by atoms with Gasteiger partial charge in [-0.15, -0.1) is 0 Å². The molecule has 1 spiro atoms. The third-order valence-electron chi connectivity index (χ3n) is 6.38. The highest BCUT2D eigenvalue weighted by Gasteiger charge is 2.46. The molecule has 8 nitrogen and oxygen atoms in total. The van der Waals surface area contributed by atoms with Crippen LogP contribution >= 0.6 is 0 Å². The number of hydrogen-bond acceptors (Lipinski definition) is 5. The fraction of sp³-hybridized carbons (Fsp3) is 0.900. The summed E-state index contributed by atoms with van der Waals surface area (Å²) in [5.41, 5.74) is 0.360. The number of hydrogen-bond donors (Lipinski definition) is 1. The van der Waals surface area contributed by atoms with E-state index in [0.29, 0.717) is 11.5 Å². The number of urea groups is 1. The highest BCUT2D eigenvalue weighted by molar-refractivity contribution is 5.74. The maximum atomic E-state index is 12.6. The molecule has 3 fully saturated rings. The van der Waals surface area contributed by atoms with E-state index in [2.05, 4.69) is 9.80 Å². The molecule has 180 valence electrons. The summed E-state index contributed by atoms with van der Waals surface area (Å²) in [6.07, 6.45) is 0.677. The minimum Gasteiger partial charge on any atom is -0.475 e. The number of aliphatic carboxylic acids is 1. The summed E-state index contributed by atoms with van der Waals surface area (Å²) in [5.74, 6) is -2.76. The Hall–Kier alpha value is -1.59. The highest BCUT2D eigenvalue weighted by Crippen LogP contribution is 2.43. The van der Waals surface area contributed by atoms with Crippen molar-refractivity contribution in [1.82, 2.24) is 14.7 Å². The van der Waals surface area contributed by atoms with Crippen LogP contribution in [0, 0.1) is 5.41 Å². The van der Waals surface area contributed by atoms with Crippen molar-refractivity contribution >= 4 is 12.0 Å². The average Bonchev–Trinajstić information content (AvgIpc) is 3.36. The van der Waals surface area contributed by atoms with Gasteiger partial charge in [-0.3, -0.25) is 4.90 Å². The maximum absolute atomic E-state index is 12.6. The van der Waals surface area contributed by atoms with Crippen LogP contribution in [0.15, 0.2) is 0 Å². The largest absolute Gasteiger partial charge is 0.490 e. The van der Waals surface area contributed by atoms with Gasteiger partial charge >= 0.3 is 18.2 Å². The van der Waals surface area contributed by atoms with Crippen molar-refractivity contribution in [2.24, 2.45) is 5.41 Å². The molecule has 0 aromatic rings. The van der Waals surface area contributed by atoms with Crippen molar-refractivity contribution in [3.05, 3.63) is 0 Å². The number of carbonyl (C=O) groups excluding carboxylic acids is 1. The van der Waals surface area contributed by atoms with Gasteiger partial charge in [-0.2, -0.15) is 13.2 Å². The number of alkyl halides is 3. The third-order valence-corrected chi connectivity index (χ3v) is 6.38. The zero-order valence-corrected chi connectivity index (χ0v) is 18.3. The standard InChI is InChI=1S/C18H33N3O3.C2HF3O2/c1-23-12-11-21-15-18(13-16(21)14-24-2)5-9-20(10-6-18)17(22)19-7-3-4-8-19;3-2(4,5)1(6)7/h16H,3-15H2,1-2H3;(H,6,7). The second-order valence-corrected chi connectivity index (χ2v) is 8.54. The summed E-state index contributed by atoms with van der Waals surface area (Å²) in [6, 6.07) is 0.760. The van der Waals surface area contributed by atoms with Gasteiger partial charge in [-0.1, -0.05) is 0 Å². The fourth-order valence-electron chi connectivity index (χ4n) is 4.72. The SMILES string of the molecule is COCCN1CC2(CCN(C(=O)N3CCCC3)CC2)CC1COC.O=C(O)C(F)(F)F. The van der Waals surface area contributed by atoms with E-state index in [-0.39, 0.29) is 6.03 Å². The molecule has 0 aromatic heterocycles. The lowest BCUT2D eigenvalue weighted by atomic mass is 9.76. The van der Waals surface area contributed by atoms with E-state index in [0.717, 1.165) is 78.2 Å². The van der Waals surface area contributed by atoms with Crippen LogP contribution in [0.1, 0.15) is 32.1 Å². The Morgan fingerprint density at radius 3 is 2.06 bits per heavy atom. The van der Waals surface area contributed by atoms with Gasteiger partial charge in [0, 0.05) is 59.5 Å². The number of amides is 2. The minimum atomic E-state index is -5.08.